The van der Waals surface area contributed by atoms with Crippen molar-refractivity contribution in [3.8, 4) is 5.75 Å². The Bertz CT molecular complexity index is 513. The van der Waals surface area contributed by atoms with Gasteiger partial charge in [-0.3, -0.25) is 0 Å². The molecule has 2 rings (SSSR count). The topological polar surface area (TPSA) is 21.3 Å². The molecule has 108 valence electrons. The number of hydrogen-bond acceptors (Lipinski definition) is 3. The number of rotatable bonds is 8. The van der Waals surface area contributed by atoms with E-state index in [0.717, 1.165) is 42.8 Å². The molecule has 1 heterocycles. The largest absolute Gasteiger partial charge is 0.493 e. The molecule has 0 unspecified atom stereocenters. The second-order valence-electron chi connectivity index (χ2n) is 4.66. The van der Waals surface area contributed by atoms with Crippen molar-refractivity contribution >= 4 is 27.3 Å². The number of halogens is 1. The summed E-state index contributed by atoms with van der Waals surface area (Å²) in [6.07, 6.45) is 2.11. The highest BCUT2D eigenvalue weighted by Crippen LogP contribution is 2.23. The predicted molar refractivity (Wildman–Crippen MR) is 89.7 cm³/mol. The van der Waals surface area contributed by atoms with Gasteiger partial charge in [-0.2, -0.15) is 11.3 Å². The summed E-state index contributed by atoms with van der Waals surface area (Å²) >= 11 is 5.32. The smallest absolute Gasteiger partial charge is 0.119 e. The summed E-state index contributed by atoms with van der Waals surface area (Å²) in [6, 6.07) is 8.33. The first kappa shape index (κ1) is 15.5. The number of benzene rings is 1. The molecule has 0 aliphatic carbocycles. The van der Waals surface area contributed by atoms with Crippen molar-refractivity contribution < 1.29 is 4.74 Å². The van der Waals surface area contributed by atoms with E-state index >= 15 is 0 Å². The van der Waals surface area contributed by atoms with E-state index in [1.807, 2.05) is 6.07 Å². The van der Waals surface area contributed by atoms with Gasteiger partial charge in [0.1, 0.15) is 5.75 Å². The van der Waals surface area contributed by atoms with Crippen LogP contribution in [0.1, 0.15) is 24.5 Å². The molecular formula is C16H20BrNOS. The molecule has 2 aromatic rings. The summed E-state index contributed by atoms with van der Waals surface area (Å²) in [7, 11) is 0. The first-order valence-corrected chi connectivity index (χ1v) is 8.66. The van der Waals surface area contributed by atoms with Crippen LogP contribution in [0.5, 0.6) is 5.75 Å². The number of thiophene rings is 1. The van der Waals surface area contributed by atoms with E-state index in [0.29, 0.717) is 0 Å². The monoisotopic (exact) mass is 353 g/mol. The molecule has 20 heavy (non-hydrogen) atoms. The van der Waals surface area contributed by atoms with Gasteiger partial charge in [-0.05, 0) is 59.1 Å². The second-order valence-corrected chi connectivity index (χ2v) is 6.29. The van der Waals surface area contributed by atoms with E-state index in [2.05, 4.69) is 57.1 Å². The Balaban J connectivity index is 1.86. The SMILES string of the molecule is CCCNCc1cc(OCCc2ccsc2)ccc1Br. The van der Waals surface area contributed by atoms with Crippen molar-refractivity contribution in [2.45, 2.75) is 26.3 Å². The van der Waals surface area contributed by atoms with Gasteiger partial charge in [0.05, 0.1) is 6.61 Å². The molecule has 0 radical (unpaired) electrons. The molecule has 0 atom stereocenters. The molecule has 0 saturated carbocycles. The molecule has 1 N–H and O–H groups in total. The standard InChI is InChI=1S/C16H20BrNOS/c1-2-7-18-11-14-10-15(3-4-16(14)17)19-8-5-13-6-9-20-12-13/h3-4,6,9-10,12,18H,2,5,7-8,11H2,1H3. The van der Waals surface area contributed by atoms with Crippen LogP contribution >= 0.6 is 27.3 Å². The molecule has 4 heteroatoms. The zero-order valence-corrected chi connectivity index (χ0v) is 14.1. The lowest BCUT2D eigenvalue weighted by atomic mass is 10.2. The minimum absolute atomic E-state index is 0.722. The Hall–Kier alpha value is -0.840. The van der Waals surface area contributed by atoms with Gasteiger partial charge >= 0.3 is 0 Å². The van der Waals surface area contributed by atoms with Gasteiger partial charge in [0.2, 0.25) is 0 Å². The van der Waals surface area contributed by atoms with Crippen molar-refractivity contribution in [2.24, 2.45) is 0 Å². The van der Waals surface area contributed by atoms with Gasteiger partial charge in [0.15, 0.2) is 0 Å². The lowest BCUT2D eigenvalue weighted by Gasteiger charge is -2.10. The summed E-state index contributed by atoms with van der Waals surface area (Å²) in [4.78, 5) is 0. The Morgan fingerprint density at radius 3 is 2.95 bits per heavy atom. The Kier molecular flexibility index (Phi) is 6.57. The summed E-state index contributed by atoms with van der Waals surface area (Å²) < 4.78 is 6.97. The number of nitrogens with one attached hydrogen (secondary N) is 1. The van der Waals surface area contributed by atoms with E-state index in [1.54, 1.807) is 11.3 Å². The lowest BCUT2D eigenvalue weighted by Crippen LogP contribution is -2.14. The van der Waals surface area contributed by atoms with E-state index in [-0.39, 0.29) is 0 Å². The molecule has 0 fully saturated rings. The minimum Gasteiger partial charge on any atom is -0.493 e. The average molecular weight is 354 g/mol. The fourth-order valence-corrected chi connectivity index (χ4v) is 2.99. The summed E-state index contributed by atoms with van der Waals surface area (Å²) in [5.74, 6) is 0.941. The van der Waals surface area contributed by atoms with Gasteiger partial charge in [0, 0.05) is 17.4 Å². The third kappa shape index (κ3) is 4.93. The van der Waals surface area contributed by atoms with Crippen LogP contribution in [0.2, 0.25) is 0 Å². The van der Waals surface area contributed by atoms with Crippen LogP contribution in [0.4, 0.5) is 0 Å². The van der Waals surface area contributed by atoms with Crippen LogP contribution in [-0.2, 0) is 13.0 Å². The molecule has 2 nitrogen and oxygen atoms in total. The fraction of sp³-hybridized carbons (Fsp3) is 0.375. The normalized spacial score (nSPS) is 10.7. The fourth-order valence-electron chi connectivity index (χ4n) is 1.90. The van der Waals surface area contributed by atoms with Crippen molar-refractivity contribution in [1.82, 2.24) is 5.32 Å². The summed E-state index contributed by atoms with van der Waals surface area (Å²) in [5.41, 5.74) is 2.59. The third-order valence-electron chi connectivity index (χ3n) is 3.00. The predicted octanol–water partition coefficient (Wildman–Crippen LogP) is 4.63. The second kappa shape index (κ2) is 8.45. The molecule has 0 saturated heterocycles. The van der Waals surface area contributed by atoms with E-state index in [9.17, 15) is 0 Å². The van der Waals surface area contributed by atoms with Gasteiger partial charge < -0.3 is 10.1 Å². The molecule has 0 aliphatic heterocycles. The van der Waals surface area contributed by atoms with Crippen LogP contribution in [-0.4, -0.2) is 13.2 Å². The molecule has 1 aromatic carbocycles. The van der Waals surface area contributed by atoms with Gasteiger partial charge in [-0.1, -0.05) is 22.9 Å². The average Bonchev–Trinajstić information content (AvgIpc) is 2.95. The molecule has 0 spiro atoms. The maximum absolute atomic E-state index is 5.84. The van der Waals surface area contributed by atoms with Gasteiger partial charge in [0.25, 0.3) is 0 Å². The third-order valence-corrected chi connectivity index (χ3v) is 4.50. The highest BCUT2D eigenvalue weighted by atomic mass is 79.9. The van der Waals surface area contributed by atoms with Crippen molar-refractivity contribution in [3.63, 3.8) is 0 Å². The molecule has 0 bridgehead atoms. The Labute approximate surface area is 133 Å². The van der Waals surface area contributed by atoms with Crippen molar-refractivity contribution in [3.05, 3.63) is 50.6 Å². The van der Waals surface area contributed by atoms with Crippen LogP contribution < -0.4 is 10.1 Å². The van der Waals surface area contributed by atoms with Crippen molar-refractivity contribution in [1.29, 1.82) is 0 Å². The maximum atomic E-state index is 5.84. The molecule has 1 aromatic heterocycles. The van der Waals surface area contributed by atoms with Crippen LogP contribution in [0.25, 0.3) is 0 Å². The first-order valence-electron chi connectivity index (χ1n) is 6.92. The molecule has 0 amide bonds. The first-order chi connectivity index (χ1) is 9.79. The quantitative estimate of drug-likeness (QED) is 0.698. The highest BCUT2D eigenvalue weighted by Gasteiger charge is 2.03. The van der Waals surface area contributed by atoms with Crippen molar-refractivity contribution in [2.75, 3.05) is 13.2 Å². The Morgan fingerprint density at radius 2 is 2.20 bits per heavy atom. The highest BCUT2D eigenvalue weighted by molar-refractivity contribution is 9.10. The summed E-state index contributed by atoms with van der Waals surface area (Å²) in [5, 5.41) is 7.69. The zero-order chi connectivity index (χ0) is 14.2. The number of ether oxygens (including phenoxy) is 1. The maximum Gasteiger partial charge on any atom is 0.119 e. The van der Waals surface area contributed by atoms with E-state index in [4.69, 9.17) is 4.74 Å². The lowest BCUT2D eigenvalue weighted by molar-refractivity contribution is 0.321. The van der Waals surface area contributed by atoms with Crippen LogP contribution in [0.3, 0.4) is 0 Å². The van der Waals surface area contributed by atoms with E-state index < -0.39 is 0 Å². The minimum atomic E-state index is 0.722. The van der Waals surface area contributed by atoms with Crippen LogP contribution in [0.15, 0.2) is 39.5 Å². The van der Waals surface area contributed by atoms with Gasteiger partial charge in [-0.15, -0.1) is 0 Å². The van der Waals surface area contributed by atoms with E-state index in [1.165, 1.54) is 11.1 Å². The Morgan fingerprint density at radius 1 is 1.30 bits per heavy atom. The molecular weight excluding hydrogens is 334 g/mol. The number of hydrogen-bond donors (Lipinski definition) is 1. The zero-order valence-electron chi connectivity index (χ0n) is 11.7. The van der Waals surface area contributed by atoms with Crippen LogP contribution in [0, 0.1) is 0 Å². The molecule has 0 aliphatic rings. The summed E-state index contributed by atoms with van der Waals surface area (Å²) in [6.45, 7) is 4.80. The van der Waals surface area contributed by atoms with Gasteiger partial charge in [-0.25, -0.2) is 0 Å².